The Balaban J connectivity index is 1.81. The van der Waals surface area contributed by atoms with Gasteiger partial charge in [-0.3, -0.25) is 14.8 Å². The highest BCUT2D eigenvalue weighted by Crippen LogP contribution is 2.25. The van der Waals surface area contributed by atoms with E-state index >= 15 is 0 Å². The van der Waals surface area contributed by atoms with Crippen molar-refractivity contribution >= 4 is 34.7 Å². The molecule has 2 aromatic carbocycles. The molecule has 0 saturated heterocycles. The third kappa shape index (κ3) is 5.11. The molecule has 0 amide bonds. The van der Waals surface area contributed by atoms with Gasteiger partial charge in [0.1, 0.15) is 0 Å². The number of carboxylic acid groups (broad SMARTS) is 2. The van der Waals surface area contributed by atoms with E-state index in [2.05, 4.69) is 20.5 Å². The first-order chi connectivity index (χ1) is 14.7. The number of H-pyrrole nitrogens is 2. The second-order valence-corrected chi connectivity index (χ2v) is 5.90. The van der Waals surface area contributed by atoms with E-state index in [0.717, 1.165) is 6.07 Å². The number of hydrogen-bond donors (Lipinski definition) is 5. The van der Waals surface area contributed by atoms with Crippen molar-refractivity contribution in [1.29, 1.82) is 0 Å². The summed E-state index contributed by atoms with van der Waals surface area (Å²) in [7, 11) is 0. The van der Waals surface area contributed by atoms with E-state index in [1.54, 1.807) is 0 Å². The number of aromatic carboxylic acids is 2. The molecule has 13 nitrogen and oxygen atoms in total. The number of aromatic hydroxyl groups is 1. The Labute approximate surface area is 171 Å². The average Bonchev–Trinajstić information content (AvgIpc) is 2.72. The predicted octanol–water partition coefficient (Wildman–Crippen LogP) is 3.00. The number of aromatic nitrogens is 2. The molecular formula is C18H12N6O7. The van der Waals surface area contributed by atoms with E-state index in [-0.39, 0.29) is 22.5 Å². The number of nitrogens with zero attached hydrogens (tertiary/aromatic N) is 4. The lowest BCUT2D eigenvalue weighted by atomic mass is 10.1. The Morgan fingerprint density at radius 1 is 0.710 bits per heavy atom. The molecular weight excluding hydrogens is 412 g/mol. The van der Waals surface area contributed by atoms with Crippen LogP contribution >= 0.6 is 0 Å². The van der Waals surface area contributed by atoms with Gasteiger partial charge in [0.25, 0.3) is 5.56 Å². The molecule has 0 unspecified atom stereocenters. The van der Waals surface area contributed by atoms with Crippen molar-refractivity contribution in [3.8, 4) is 5.88 Å². The Kier molecular flexibility index (Phi) is 5.77. The van der Waals surface area contributed by atoms with Crippen LogP contribution in [0.25, 0.3) is 0 Å². The number of benzene rings is 2. The molecule has 1 aromatic heterocycles. The van der Waals surface area contributed by atoms with Gasteiger partial charge < -0.3 is 15.3 Å². The molecule has 5 N–H and O–H groups in total. The van der Waals surface area contributed by atoms with Gasteiger partial charge in [-0.25, -0.2) is 14.4 Å². The molecule has 0 fully saturated rings. The quantitative estimate of drug-likeness (QED) is 0.373. The van der Waals surface area contributed by atoms with E-state index < -0.39 is 34.8 Å². The van der Waals surface area contributed by atoms with Gasteiger partial charge in [-0.15, -0.1) is 5.11 Å². The van der Waals surface area contributed by atoms with Crippen molar-refractivity contribution in [2.24, 2.45) is 20.5 Å². The van der Waals surface area contributed by atoms with Gasteiger partial charge in [-0.05, 0) is 42.5 Å². The van der Waals surface area contributed by atoms with Gasteiger partial charge in [-0.2, -0.15) is 15.3 Å². The van der Waals surface area contributed by atoms with Crippen molar-refractivity contribution in [3.63, 3.8) is 0 Å². The van der Waals surface area contributed by atoms with E-state index in [0.29, 0.717) is 5.69 Å². The van der Waals surface area contributed by atoms with E-state index in [1.165, 1.54) is 36.4 Å². The number of azo groups is 2. The summed E-state index contributed by atoms with van der Waals surface area (Å²) in [6.07, 6.45) is 0. The van der Waals surface area contributed by atoms with Crippen LogP contribution in [0.5, 0.6) is 5.88 Å². The van der Waals surface area contributed by atoms with Crippen LogP contribution in [0.15, 0.2) is 72.5 Å². The van der Waals surface area contributed by atoms with E-state index in [9.17, 15) is 24.3 Å². The lowest BCUT2D eigenvalue weighted by Crippen LogP contribution is -2.20. The zero-order valence-electron chi connectivity index (χ0n) is 15.3. The van der Waals surface area contributed by atoms with Crippen molar-refractivity contribution in [2.45, 2.75) is 0 Å². The van der Waals surface area contributed by atoms with Gasteiger partial charge in [0, 0.05) is 0 Å². The van der Waals surface area contributed by atoms with Gasteiger partial charge in [0.05, 0.1) is 28.2 Å². The highest BCUT2D eigenvalue weighted by Gasteiger charge is 2.11. The molecule has 13 heteroatoms. The maximum Gasteiger partial charge on any atom is 0.335 e. The third-order valence-electron chi connectivity index (χ3n) is 3.71. The van der Waals surface area contributed by atoms with Crippen LogP contribution in [-0.2, 0) is 0 Å². The minimum atomic E-state index is -1.30. The molecule has 156 valence electrons. The summed E-state index contributed by atoms with van der Waals surface area (Å²) in [6.45, 7) is 0. The first-order valence-electron chi connectivity index (χ1n) is 8.34. The summed E-state index contributed by atoms with van der Waals surface area (Å²) >= 11 is 0. The lowest BCUT2D eigenvalue weighted by Gasteiger charge is -2.00. The number of carboxylic acids is 2. The summed E-state index contributed by atoms with van der Waals surface area (Å²) in [6, 6.07) is 9.25. The average molecular weight is 424 g/mol. The molecule has 0 saturated carbocycles. The van der Waals surface area contributed by atoms with Crippen LogP contribution in [-0.4, -0.2) is 37.2 Å². The summed E-state index contributed by atoms with van der Waals surface area (Å²) < 4.78 is 0. The second kappa shape index (κ2) is 8.60. The Bertz CT molecular complexity index is 1310. The van der Waals surface area contributed by atoms with Gasteiger partial charge in [0.2, 0.25) is 11.6 Å². The number of carbonyl (C=O) groups is 2. The molecule has 3 aromatic rings. The van der Waals surface area contributed by atoms with E-state index in [4.69, 9.17) is 10.2 Å². The lowest BCUT2D eigenvalue weighted by molar-refractivity contribution is 0.0696. The van der Waals surface area contributed by atoms with Crippen LogP contribution in [0.1, 0.15) is 20.7 Å². The van der Waals surface area contributed by atoms with Crippen LogP contribution in [0.2, 0.25) is 0 Å². The molecule has 0 spiro atoms. The predicted molar refractivity (Wildman–Crippen MR) is 105 cm³/mol. The van der Waals surface area contributed by atoms with Crippen LogP contribution in [0.3, 0.4) is 0 Å². The summed E-state index contributed by atoms with van der Waals surface area (Å²) in [5.41, 5.74) is -2.12. The number of aromatic amines is 2. The summed E-state index contributed by atoms with van der Waals surface area (Å²) in [5, 5.41) is 42.8. The number of rotatable bonds is 6. The molecule has 0 atom stereocenters. The fourth-order valence-electron chi connectivity index (χ4n) is 2.29. The highest BCUT2D eigenvalue weighted by molar-refractivity contribution is 5.95. The standard InChI is InChI=1S/C18H12N6O7/c25-14-13(15(26)20-18(31)19-14)24-22-11-3-1-10(2-4-11)21-23-12-6-8(16(27)28)5-9(7-12)17(29)30/h1-7H,(H,27,28)(H,29,30)(H3,19,20,25,26,31). The second-order valence-electron chi connectivity index (χ2n) is 5.90. The van der Waals surface area contributed by atoms with Crippen molar-refractivity contribution in [2.75, 3.05) is 0 Å². The normalized spacial score (nSPS) is 11.2. The van der Waals surface area contributed by atoms with Crippen molar-refractivity contribution in [3.05, 3.63) is 74.4 Å². The zero-order valence-corrected chi connectivity index (χ0v) is 15.3. The Morgan fingerprint density at radius 2 is 1.19 bits per heavy atom. The maximum atomic E-state index is 11.6. The molecule has 0 aliphatic carbocycles. The smallest absolute Gasteiger partial charge is 0.335 e. The third-order valence-corrected chi connectivity index (χ3v) is 3.71. The highest BCUT2D eigenvalue weighted by atomic mass is 16.4. The fraction of sp³-hybridized carbons (Fsp3) is 0. The molecule has 3 rings (SSSR count). The summed E-state index contributed by atoms with van der Waals surface area (Å²) in [5.74, 6) is -3.34. The Hall–Kier alpha value is -4.94. The SMILES string of the molecule is O=C(O)c1cc(N=Nc2ccc(N=Nc3c(O)[nH]c(=O)[nH]c3=O)cc2)cc(C(=O)O)c1. The minimum Gasteiger partial charge on any atom is -0.493 e. The van der Waals surface area contributed by atoms with Crippen LogP contribution < -0.4 is 11.2 Å². The molecule has 31 heavy (non-hydrogen) atoms. The van der Waals surface area contributed by atoms with Crippen molar-refractivity contribution < 1.29 is 24.9 Å². The molecule has 0 aliphatic rings. The fourth-order valence-corrected chi connectivity index (χ4v) is 2.29. The minimum absolute atomic E-state index is 0.0360. The van der Waals surface area contributed by atoms with Gasteiger partial charge >= 0.3 is 17.6 Å². The first kappa shape index (κ1) is 20.8. The van der Waals surface area contributed by atoms with Gasteiger partial charge in [-0.1, -0.05) is 0 Å². The molecule has 0 radical (unpaired) electrons. The zero-order chi connectivity index (χ0) is 22.5. The largest absolute Gasteiger partial charge is 0.493 e. The first-order valence-corrected chi connectivity index (χ1v) is 8.34. The number of nitrogens with one attached hydrogen (secondary N) is 2. The molecule has 0 aliphatic heterocycles. The summed E-state index contributed by atoms with van der Waals surface area (Å²) in [4.78, 5) is 48.7. The Morgan fingerprint density at radius 3 is 1.68 bits per heavy atom. The van der Waals surface area contributed by atoms with Gasteiger partial charge in [0.15, 0.2) is 0 Å². The van der Waals surface area contributed by atoms with Crippen LogP contribution in [0, 0.1) is 0 Å². The monoisotopic (exact) mass is 424 g/mol. The molecule has 0 bridgehead atoms. The van der Waals surface area contributed by atoms with E-state index in [1.807, 2.05) is 9.97 Å². The molecule has 1 heterocycles. The maximum absolute atomic E-state index is 11.6. The van der Waals surface area contributed by atoms with Crippen LogP contribution in [0.4, 0.5) is 22.7 Å². The number of hydrogen-bond acceptors (Lipinski definition) is 9. The van der Waals surface area contributed by atoms with Crippen molar-refractivity contribution in [1.82, 2.24) is 9.97 Å². The topological polar surface area (TPSA) is 210 Å².